The van der Waals surface area contributed by atoms with E-state index >= 15 is 0 Å². The Kier molecular flexibility index (Phi) is 2.15. The van der Waals surface area contributed by atoms with Gasteiger partial charge >= 0.3 is 0 Å². The monoisotopic (exact) mass is 167 g/mol. The van der Waals surface area contributed by atoms with Gasteiger partial charge in [-0.2, -0.15) is 0 Å². The first-order valence-corrected chi connectivity index (χ1v) is 4.38. The maximum atomic E-state index is 5.30. The molecule has 1 aliphatic heterocycles. The molecule has 12 heavy (non-hydrogen) atoms. The lowest BCUT2D eigenvalue weighted by atomic mass is 10.3. The van der Waals surface area contributed by atoms with Crippen molar-refractivity contribution >= 4 is 0 Å². The highest BCUT2D eigenvalue weighted by atomic mass is 16.8. The van der Waals surface area contributed by atoms with Crippen LogP contribution in [0.2, 0.25) is 0 Å². The van der Waals surface area contributed by atoms with Crippen molar-refractivity contribution in [3.8, 4) is 0 Å². The third kappa shape index (κ3) is 1.52. The summed E-state index contributed by atoms with van der Waals surface area (Å²) in [7, 11) is 0. The van der Waals surface area contributed by atoms with Crippen molar-refractivity contribution in [2.24, 2.45) is 0 Å². The van der Waals surface area contributed by atoms with Gasteiger partial charge in [0.15, 0.2) is 5.76 Å². The summed E-state index contributed by atoms with van der Waals surface area (Å²) in [5, 5.41) is 1.95. The molecule has 1 fully saturated rings. The molecule has 0 spiro atoms. The summed E-state index contributed by atoms with van der Waals surface area (Å²) < 4.78 is 5.20. The van der Waals surface area contributed by atoms with E-state index < -0.39 is 0 Å². The van der Waals surface area contributed by atoms with Gasteiger partial charge in [0.2, 0.25) is 6.23 Å². The number of hydroxylamine groups is 2. The zero-order valence-corrected chi connectivity index (χ0v) is 7.19. The van der Waals surface area contributed by atoms with Gasteiger partial charge in [-0.1, -0.05) is 13.3 Å². The molecular formula is C9H13NO2. The lowest BCUT2D eigenvalue weighted by Crippen LogP contribution is -1.99. The third-order valence-corrected chi connectivity index (χ3v) is 1.97. The van der Waals surface area contributed by atoms with Gasteiger partial charge in [-0.3, -0.25) is 4.84 Å². The van der Waals surface area contributed by atoms with Gasteiger partial charge in [-0.25, -0.2) is 0 Å². The number of hydrogen-bond donors (Lipinski definition) is 0. The van der Waals surface area contributed by atoms with E-state index in [0.717, 1.165) is 12.3 Å². The second kappa shape index (κ2) is 3.29. The molecular weight excluding hydrogens is 154 g/mol. The van der Waals surface area contributed by atoms with Gasteiger partial charge in [0.1, 0.15) is 0 Å². The van der Waals surface area contributed by atoms with Crippen molar-refractivity contribution < 1.29 is 9.25 Å². The Morgan fingerprint density at radius 3 is 3.17 bits per heavy atom. The van der Waals surface area contributed by atoms with E-state index in [4.69, 9.17) is 9.25 Å². The summed E-state index contributed by atoms with van der Waals surface area (Å²) >= 11 is 0. The lowest BCUT2D eigenvalue weighted by Gasteiger charge is -1.92. The number of nitrogens with zero attached hydrogens (tertiary/aromatic N) is 1. The molecule has 2 heterocycles. The van der Waals surface area contributed by atoms with Crippen LogP contribution in [0.5, 0.6) is 0 Å². The van der Waals surface area contributed by atoms with Crippen LogP contribution < -0.4 is 0 Å². The van der Waals surface area contributed by atoms with E-state index in [9.17, 15) is 0 Å². The Balaban J connectivity index is 1.81. The average molecular weight is 167 g/mol. The van der Waals surface area contributed by atoms with E-state index in [-0.39, 0.29) is 6.23 Å². The van der Waals surface area contributed by atoms with E-state index in [1.807, 2.05) is 17.2 Å². The second-order valence-corrected chi connectivity index (χ2v) is 2.97. The van der Waals surface area contributed by atoms with Crippen molar-refractivity contribution in [1.29, 1.82) is 0 Å². The zero-order chi connectivity index (χ0) is 8.39. The molecule has 0 bridgehead atoms. The molecule has 2 rings (SSSR count). The molecule has 2 unspecified atom stereocenters. The normalized spacial score (nSPS) is 27.4. The van der Waals surface area contributed by atoms with Gasteiger partial charge in [-0.05, 0) is 18.6 Å². The van der Waals surface area contributed by atoms with E-state index in [1.54, 1.807) is 6.26 Å². The van der Waals surface area contributed by atoms with Crippen LogP contribution in [0.25, 0.3) is 0 Å². The molecule has 66 valence electrons. The molecule has 1 aromatic rings. The fourth-order valence-corrected chi connectivity index (χ4v) is 1.21. The maximum Gasteiger partial charge on any atom is 0.211 e. The van der Waals surface area contributed by atoms with Gasteiger partial charge in [0, 0.05) is 6.54 Å². The molecule has 1 saturated heterocycles. The zero-order valence-electron chi connectivity index (χ0n) is 7.19. The lowest BCUT2D eigenvalue weighted by molar-refractivity contribution is 0.195. The first-order chi connectivity index (χ1) is 5.92. The summed E-state index contributed by atoms with van der Waals surface area (Å²) in [6, 6.07) is 3.83. The Labute approximate surface area is 71.9 Å². The molecule has 2 atom stereocenters. The largest absolute Gasteiger partial charge is 0.465 e. The van der Waals surface area contributed by atoms with Crippen LogP contribution in [0.3, 0.4) is 0 Å². The molecule has 1 aliphatic rings. The topological polar surface area (TPSA) is 28.7 Å². The predicted molar refractivity (Wildman–Crippen MR) is 44.1 cm³/mol. The molecule has 3 nitrogen and oxygen atoms in total. The maximum absolute atomic E-state index is 5.30. The van der Waals surface area contributed by atoms with Crippen molar-refractivity contribution in [2.45, 2.75) is 26.0 Å². The van der Waals surface area contributed by atoms with Gasteiger partial charge < -0.3 is 4.42 Å². The summed E-state index contributed by atoms with van der Waals surface area (Å²) in [4.78, 5) is 5.30. The quantitative estimate of drug-likeness (QED) is 0.644. The minimum atomic E-state index is 0.0894. The first kappa shape index (κ1) is 7.83. The Bertz CT molecular complexity index is 233. The highest BCUT2D eigenvalue weighted by Crippen LogP contribution is 2.36. The number of unbranched alkanes of at least 4 members (excludes halogenated alkanes) is 1. The van der Waals surface area contributed by atoms with E-state index in [1.165, 1.54) is 12.8 Å². The van der Waals surface area contributed by atoms with Crippen molar-refractivity contribution in [3.05, 3.63) is 24.2 Å². The molecule has 0 radical (unpaired) electrons. The second-order valence-electron chi connectivity index (χ2n) is 2.97. The molecule has 0 saturated carbocycles. The number of hydrogen-bond acceptors (Lipinski definition) is 3. The Morgan fingerprint density at radius 2 is 2.50 bits per heavy atom. The molecule has 0 amide bonds. The van der Waals surface area contributed by atoms with Crippen LogP contribution in [-0.2, 0) is 4.84 Å². The van der Waals surface area contributed by atoms with Gasteiger partial charge in [0.05, 0.1) is 6.26 Å². The van der Waals surface area contributed by atoms with Gasteiger partial charge in [-0.15, -0.1) is 5.06 Å². The Morgan fingerprint density at radius 1 is 1.58 bits per heavy atom. The average Bonchev–Trinajstić information content (AvgIpc) is 2.64. The van der Waals surface area contributed by atoms with Gasteiger partial charge in [0.25, 0.3) is 0 Å². The SMILES string of the molecule is CCCCN1OC1c1ccco1. The minimum absolute atomic E-state index is 0.0894. The highest BCUT2D eigenvalue weighted by molar-refractivity contribution is 5.03. The summed E-state index contributed by atoms with van der Waals surface area (Å²) in [5.74, 6) is 0.908. The molecule has 1 aromatic heterocycles. The first-order valence-electron chi connectivity index (χ1n) is 4.38. The molecule has 0 aromatic carbocycles. The summed E-state index contributed by atoms with van der Waals surface area (Å²) in [5.41, 5.74) is 0. The summed E-state index contributed by atoms with van der Waals surface area (Å²) in [6.45, 7) is 3.17. The predicted octanol–water partition coefficient (Wildman–Crippen LogP) is 2.33. The third-order valence-electron chi connectivity index (χ3n) is 1.97. The fraction of sp³-hybridized carbons (Fsp3) is 0.556. The van der Waals surface area contributed by atoms with Crippen molar-refractivity contribution in [2.75, 3.05) is 6.54 Å². The fourth-order valence-electron chi connectivity index (χ4n) is 1.21. The molecule has 3 heteroatoms. The van der Waals surface area contributed by atoms with E-state index in [2.05, 4.69) is 6.92 Å². The Hall–Kier alpha value is -0.800. The van der Waals surface area contributed by atoms with Crippen LogP contribution in [0.4, 0.5) is 0 Å². The van der Waals surface area contributed by atoms with Crippen LogP contribution in [-0.4, -0.2) is 11.6 Å². The van der Waals surface area contributed by atoms with Crippen LogP contribution >= 0.6 is 0 Å². The molecule has 0 aliphatic carbocycles. The van der Waals surface area contributed by atoms with Crippen LogP contribution in [0, 0.1) is 0 Å². The smallest absolute Gasteiger partial charge is 0.211 e. The number of rotatable bonds is 4. The highest BCUT2D eigenvalue weighted by Gasteiger charge is 2.39. The van der Waals surface area contributed by atoms with Crippen molar-refractivity contribution in [3.63, 3.8) is 0 Å². The standard InChI is InChI=1S/C9H13NO2/c1-2-3-6-10-9(12-10)8-5-4-7-11-8/h4-5,7,9H,2-3,6H2,1H3. The van der Waals surface area contributed by atoms with Crippen LogP contribution in [0.1, 0.15) is 31.8 Å². The number of furan rings is 1. The van der Waals surface area contributed by atoms with Crippen LogP contribution in [0.15, 0.2) is 22.8 Å². The molecule has 0 N–H and O–H groups in total. The van der Waals surface area contributed by atoms with Crippen molar-refractivity contribution in [1.82, 2.24) is 5.06 Å². The van der Waals surface area contributed by atoms with E-state index in [0.29, 0.717) is 0 Å². The summed E-state index contributed by atoms with van der Waals surface area (Å²) in [6.07, 6.45) is 4.14. The minimum Gasteiger partial charge on any atom is -0.465 e.